The van der Waals surface area contributed by atoms with E-state index in [1.165, 1.54) is 0 Å². The molecule has 0 aromatic heterocycles. The number of amides is 2. The first-order valence-electron chi connectivity index (χ1n) is 9.24. The third-order valence-corrected chi connectivity index (χ3v) is 4.40. The molecule has 0 bridgehead atoms. The van der Waals surface area contributed by atoms with Gasteiger partial charge < -0.3 is 10.2 Å². The van der Waals surface area contributed by atoms with Crippen LogP contribution < -0.4 is 5.32 Å². The summed E-state index contributed by atoms with van der Waals surface area (Å²) in [6.07, 6.45) is 4.85. The molecule has 2 amide bonds. The molecule has 4 heteroatoms. The topological polar surface area (TPSA) is 49.4 Å². The summed E-state index contributed by atoms with van der Waals surface area (Å²) in [5.41, 5.74) is 1.82. The molecule has 0 radical (unpaired) electrons. The zero-order valence-electron chi connectivity index (χ0n) is 15.6. The Hall–Kier alpha value is -1.84. The summed E-state index contributed by atoms with van der Waals surface area (Å²) in [6, 6.07) is 7.74. The van der Waals surface area contributed by atoms with E-state index in [0.29, 0.717) is 19.0 Å². The second-order valence-electron chi connectivity index (χ2n) is 6.35. The van der Waals surface area contributed by atoms with Gasteiger partial charge in [-0.3, -0.25) is 9.59 Å². The maximum atomic E-state index is 12.5. The number of nitrogens with zero attached hydrogens (tertiary/aromatic N) is 1. The molecule has 0 heterocycles. The highest BCUT2D eigenvalue weighted by molar-refractivity contribution is 6.39. The first-order chi connectivity index (χ1) is 11.5. The van der Waals surface area contributed by atoms with Gasteiger partial charge in [-0.2, -0.15) is 0 Å². The Bertz CT molecular complexity index is 520. The SMILES string of the molecule is CCCCN(CCCC)C(=O)C(=O)Nc1ccccc1C(C)CC. The number of nitrogens with one attached hydrogen (secondary N) is 1. The lowest BCUT2D eigenvalue weighted by Crippen LogP contribution is -2.41. The van der Waals surface area contributed by atoms with Crippen LogP contribution in [0.3, 0.4) is 0 Å². The minimum Gasteiger partial charge on any atom is -0.334 e. The smallest absolute Gasteiger partial charge is 0.313 e. The van der Waals surface area contributed by atoms with Gasteiger partial charge in [-0.05, 0) is 36.8 Å². The van der Waals surface area contributed by atoms with E-state index in [9.17, 15) is 9.59 Å². The summed E-state index contributed by atoms with van der Waals surface area (Å²) >= 11 is 0. The van der Waals surface area contributed by atoms with Gasteiger partial charge in [-0.15, -0.1) is 0 Å². The van der Waals surface area contributed by atoms with E-state index in [4.69, 9.17) is 0 Å². The van der Waals surface area contributed by atoms with Crippen LogP contribution in [-0.4, -0.2) is 29.8 Å². The number of hydrogen-bond acceptors (Lipinski definition) is 2. The van der Waals surface area contributed by atoms with Crippen molar-refractivity contribution in [1.82, 2.24) is 4.90 Å². The lowest BCUT2D eigenvalue weighted by atomic mass is 9.97. The molecule has 0 aliphatic rings. The van der Waals surface area contributed by atoms with Crippen LogP contribution in [0.5, 0.6) is 0 Å². The minimum atomic E-state index is -0.530. The summed E-state index contributed by atoms with van der Waals surface area (Å²) in [4.78, 5) is 26.7. The highest BCUT2D eigenvalue weighted by Crippen LogP contribution is 2.26. The number of carbonyl (C=O) groups excluding carboxylic acids is 2. The van der Waals surface area contributed by atoms with Gasteiger partial charge in [0, 0.05) is 18.8 Å². The van der Waals surface area contributed by atoms with E-state index in [1.807, 2.05) is 24.3 Å². The Morgan fingerprint density at radius 3 is 2.17 bits per heavy atom. The largest absolute Gasteiger partial charge is 0.334 e. The highest BCUT2D eigenvalue weighted by atomic mass is 16.2. The number of benzene rings is 1. The standard InChI is InChI=1S/C20H32N2O2/c1-5-8-14-22(15-9-6-2)20(24)19(23)21-18-13-11-10-12-17(18)16(4)7-3/h10-13,16H,5-9,14-15H2,1-4H3,(H,21,23). The molecule has 134 valence electrons. The van der Waals surface area contributed by atoms with Gasteiger partial charge in [0.2, 0.25) is 0 Å². The molecule has 0 aliphatic heterocycles. The number of para-hydroxylation sites is 1. The van der Waals surface area contributed by atoms with E-state index in [1.54, 1.807) is 4.90 Å². The third-order valence-electron chi connectivity index (χ3n) is 4.40. The molecule has 0 spiro atoms. The average Bonchev–Trinajstić information content (AvgIpc) is 2.61. The molecule has 0 saturated carbocycles. The molecule has 0 aliphatic carbocycles. The zero-order valence-corrected chi connectivity index (χ0v) is 15.6. The van der Waals surface area contributed by atoms with Gasteiger partial charge in [0.15, 0.2) is 0 Å². The molecule has 1 N–H and O–H groups in total. The first-order valence-corrected chi connectivity index (χ1v) is 9.24. The fraction of sp³-hybridized carbons (Fsp3) is 0.600. The summed E-state index contributed by atoms with van der Waals surface area (Å²) in [6.45, 7) is 9.72. The maximum absolute atomic E-state index is 12.5. The first kappa shape index (κ1) is 20.2. The molecule has 1 rings (SSSR count). The van der Waals surface area contributed by atoms with Crippen molar-refractivity contribution in [3.05, 3.63) is 29.8 Å². The van der Waals surface area contributed by atoms with Crippen molar-refractivity contribution in [2.75, 3.05) is 18.4 Å². The number of anilines is 1. The molecule has 1 aromatic rings. The van der Waals surface area contributed by atoms with Crippen LogP contribution in [0.2, 0.25) is 0 Å². The van der Waals surface area contributed by atoms with Crippen molar-refractivity contribution in [3.63, 3.8) is 0 Å². The van der Waals surface area contributed by atoms with Crippen molar-refractivity contribution in [1.29, 1.82) is 0 Å². The Balaban J connectivity index is 2.82. The van der Waals surface area contributed by atoms with E-state index in [-0.39, 0.29) is 0 Å². The van der Waals surface area contributed by atoms with Crippen LogP contribution >= 0.6 is 0 Å². The van der Waals surface area contributed by atoms with Gasteiger partial charge in [0.05, 0.1) is 0 Å². The van der Waals surface area contributed by atoms with Crippen LogP contribution in [0.1, 0.15) is 71.3 Å². The van der Waals surface area contributed by atoms with Gasteiger partial charge in [0.25, 0.3) is 0 Å². The lowest BCUT2D eigenvalue weighted by Gasteiger charge is -2.22. The van der Waals surface area contributed by atoms with Crippen LogP contribution in [-0.2, 0) is 9.59 Å². The van der Waals surface area contributed by atoms with E-state index < -0.39 is 11.8 Å². The summed E-state index contributed by atoms with van der Waals surface area (Å²) < 4.78 is 0. The number of unbranched alkanes of at least 4 members (excludes halogenated alkanes) is 2. The fourth-order valence-electron chi connectivity index (χ4n) is 2.59. The predicted octanol–water partition coefficient (Wildman–Crippen LogP) is 4.57. The quantitative estimate of drug-likeness (QED) is 0.674. The van der Waals surface area contributed by atoms with E-state index >= 15 is 0 Å². The molecule has 4 nitrogen and oxygen atoms in total. The highest BCUT2D eigenvalue weighted by Gasteiger charge is 2.22. The maximum Gasteiger partial charge on any atom is 0.313 e. The molecular formula is C20H32N2O2. The third kappa shape index (κ3) is 5.99. The number of carbonyl (C=O) groups is 2. The van der Waals surface area contributed by atoms with Crippen LogP contribution in [0.25, 0.3) is 0 Å². The molecular weight excluding hydrogens is 300 g/mol. The summed E-state index contributed by atoms with van der Waals surface area (Å²) in [5.74, 6) is -0.610. The van der Waals surface area contributed by atoms with Crippen LogP contribution in [0, 0.1) is 0 Å². The second-order valence-corrected chi connectivity index (χ2v) is 6.35. The molecule has 1 aromatic carbocycles. The van der Waals surface area contributed by atoms with Crippen LogP contribution in [0.15, 0.2) is 24.3 Å². The Labute approximate surface area is 146 Å². The Morgan fingerprint density at radius 2 is 1.62 bits per heavy atom. The monoisotopic (exact) mass is 332 g/mol. The Morgan fingerprint density at radius 1 is 1.04 bits per heavy atom. The van der Waals surface area contributed by atoms with Gasteiger partial charge in [-0.1, -0.05) is 58.7 Å². The number of rotatable bonds is 9. The fourth-order valence-corrected chi connectivity index (χ4v) is 2.59. The summed E-state index contributed by atoms with van der Waals surface area (Å²) in [7, 11) is 0. The van der Waals surface area contributed by atoms with Crippen molar-refractivity contribution in [2.45, 2.75) is 65.7 Å². The normalized spacial score (nSPS) is 11.8. The average molecular weight is 332 g/mol. The molecule has 1 unspecified atom stereocenters. The van der Waals surface area contributed by atoms with Crippen LogP contribution in [0.4, 0.5) is 5.69 Å². The van der Waals surface area contributed by atoms with Gasteiger partial charge >= 0.3 is 11.8 Å². The number of hydrogen-bond donors (Lipinski definition) is 1. The van der Waals surface area contributed by atoms with Crippen molar-refractivity contribution < 1.29 is 9.59 Å². The second kappa shape index (κ2) is 10.8. The van der Waals surface area contributed by atoms with Crippen molar-refractivity contribution in [3.8, 4) is 0 Å². The predicted molar refractivity (Wildman–Crippen MR) is 100 cm³/mol. The van der Waals surface area contributed by atoms with Gasteiger partial charge in [0.1, 0.15) is 0 Å². The van der Waals surface area contributed by atoms with Gasteiger partial charge in [-0.25, -0.2) is 0 Å². The lowest BCUT2D eigenvalue weighted by molar-refractivity contribution is -0.143. The molecule has 0 fully saturated rings. The van der Waals surface area contributed by atoms with Crippen molar-refractivity contribution in [2.24, 2.45) is 0 Å². The molecule has 0 saturated heterocycles. The molecule has 1 atom stereocenters. The van der Waals surface area contributed by atoms with E-state index in [2.05, 4.69) is 33.0 Å². The van der Waals surface area contributed by atoms with Crippen molar-refractivity contribution >= 4 is 17.5 Å². The van der Waals surface area contributed by atoms with E-state index in [0.717, 1.165) is 43.4 Å². The minimum absolute atomic E-state index is 0.341. The zero-order chi connectivity index (χ0) is 17.9. The Kier molecular flexibility index (Phi) is 9.13. The summed E-state index contributed by atoms with van der Waals surface area (Å²) in [5, 5.41) is 2.83. The molecule has 24 heavy (non-hydrogen) atoms.